The second-order valence-corrected chi connectivity index (χ2v) is 5.43. The Hall–Kier alpha value is -3.16. The maximum absolute atomic E-state index is 12.4. The molecular formula is C16H17N3O5. The van der Waals surface area contributed by atoms with E-state index in [0.29, 0.717) is 11.3 Å². The maximum Gasteiger partial charge on any atom is 0.335 e. The van der Waals surface area contributed by atoms with Gasteiger partial charge in [-0.1, -0.05) is 5.16 Å². The number of aromatic nitrogens is 1. The number of benzene rings is 1. The Morgan fingerprint density at radius 1 is 1.17 bits per heavy atom. The van der Waals surface area contributed by atoms with Crippen LogP contribution in [0.3, 0.4) is 0 Å². The van der Waals surface area contributed by atoms with Crippen LogP contribution in [0.4, 0.5) is 5.82 Å². The van der Waals surface area contributed by atoms with Gasteiger partial charge in [-0.3, -0.25) is 9.59 Å². The van der Waals surface area contributed by atoms with Gasteiger partial charge in [0.25, 0.3) is 5.91 Å². The van der Waals surface area contributed by atoms with E-state index in [9.17, 15) is 14.4 Å². The lowest BCUT2D eigenvalue weighted by Crippen LogP contribution is -2.35. The number of aromatic carboxylic acids is 1. The molecule has 126 valence electrons. The molecule has 8 nitrogen and oxygen atoms in total. The second kappa shape index (κ2) is 6.95. The molecule has 1 aromatic heterocycles. The number of anilines is 1. The summed E-state index contributed by atoms with van der Waals surface area (Å²) >= 11 is 0. The van der Waals surface area contributed by atoms with Crippen molar-refractivity contribution in [2.24, 2.45) is 0 Å². The van der Waals surface area contributed by atoms with E-state index in [1.165, 1.54) is 24.1 Å². The van der Waals surface area contributed by atoms with Crippen molar-refractivity contribution in [3.8, 4) is 0 Å². The summed E-state index contributed by atoms with van der Waals surface area (Å²) in [5.41, 5.74) is 0.878. The minimum atomic E-state index is -1.12. The Labute approximate surface area is 138 Å². The van der Waals surface area contributed by atoms with Gasteiger partial charge in [-0.05, 0) is 37.6 Å². The van der Waals surface area contributed by atoms with E-state index in [-0.39, 0.29) is 23.5 Å². The zero-order valence-electron chi connectivity index (χ0n) is 13.5. The standard InChI is InChI=1S/C16H17N3O5/c1-9-4-11(7-12(5-9)16(22)23)15(21)19(3)8-14(20)17-13-6-10(2)24-18-13/h4-7H,8H2,1-3H3,(H,22,23)(H,17,18,20). The molecule has 0 saturated carbocycles. The van der Waals surface area contributed by atoms with Crippen molar-refractivity contribution < 1.29 is 24.0 Å². The van der Waals surface area contributed by atoms with Crippen molar-refractivity contribution in [3.63, 3.8) is 0 Å². The molecule has 0 bridgehead atoms. The average molecular weight is 331 g/mol. The molecule has 0 spiro atoms. The van der Waals surface area contributed by atoms with Crippen molar-refractivity contribution >= 4 is 23.6 Å². The van der Waals surface area contributed by atoms with Gasteiger partial charge in [0.15, 0.2) is 5.82 Å². The first-order chi connectivity index (χ1) is 11.3. The van der Waals surface area contributed by atoms with Crippen LogP contribution >= 0.6 is 0 Å². The highest BCUT2D eigenvalue weighted by Crippen LogP contribution is 2.12. The monoisotopic (exact) mass is 331 g/mol. The number of amides is 2. The number of hydrogen-bond donors (Lipinski definition) is 2. The number of likely N-dealkylation sites (N-methyl/N-ethyl adjacent to an activating group) is 1. The number of carboxylic acid groups (broad SMARTS) is 1. The summed E-state index contributed by atoms with van der Waals surface area (Å²) in [7, 11) is 1.46. The molecule has 8 heteroatoms. The summed E-state index contributed by atoms with van der Waals surface area (Å²) in [6, 6.07) is 5.88. The minimum Gasteiger partial charge on any atom is -0.478 e. The largest absolute Gasteiger partial charge is 0.478 e. The van der Waals surface area contributed by atoms with Crippen LogP contribution in [-0.2, 0) is 4.79 Å². The Morgan fingerprint density at radius 2 is 1.83 bits per heavy atom. The van der Waals surface area contributed by atoms with E-state index in [1.54, 1.807) is 26.0 Å². The minimum absolute atomic E-state index is 0.0225. The van der Waals surface area contributed by atoms with Crippen LogP contribution < -0.4 is 5.32 Å². The predicted molar refractivity (Wildman–Crippen MR) is 85.0 cm³/mol. The molecule has 0 radical (unpaired) electrons. The smallest absolute Gasteiger partial charge is 0.335 e. The lowest BCUT2D eigenvalue weighted by molar-refractivity contribution is -0.116. The van der Waals surface area contributed by atoms with E-state index in [4.69, 9.17) is 9.63 Å². The van der Waals surface area contributed by atoms with Gasteiger partial charge >= 0.3 is 5.97 Å². The number of carboxylic acids is 1. The van der Waals surface area contributed by atoms with Crippen molar-refractivity contribution in [1.29, 1.82) is 0 Å². The van der Waals surface area contributed by atoms with E-state index < -0.39 is 17.8 Å². The number of carbonyl (C=O) groups is 3. The number of hydrogen-bond acceptors (Lipinski definition) is 5. The third kappa shape index (κ3) is 4.19. The molecule has 0 aliphatic heterocycles. The van der Waals surface area contributed by atoms with Crippen molar-refractivity contribution in [1.82, 2.24) is 10.1 Å². The van der Waals surface area contributed by atoms with Crippen LogP contribution in [0.1, 0.15) is 32.0 Å². The topological polar surface area (TPSA) is 113 Å². The van der Waals surface area contributed by atoms with Crippen molar-refractivity contribution in [2.45, 2.75) is 13.8 Å². The molecule has 0 aliphatic rings. The van der Waals surface area contributed by atoms with Crippen LogP contribution in [-0.4, -0.2) is 46.5 Å². The molecule has 1 heterocycles. The summed E-state index contributed by atoms with van der Waals surface area (Å²) in [6.07, 6.45) is 0. The first-order valence-corrected chi connectivity index (χ1v) is 7.10. The first kappa shape index (κ1) is 17.2. The lowest BCUT2D eigenvalue weighted by atomic mass is 10.1. The first-order valence-electron chi connectivity index (χ1n) is 7.10. The van der Waals surface area contributed by atoms with Gasteiger partial charge < -0.3 is 19.8 Å². The molecule has 24 heavy (non-hydrogen) atoms. The van der Waals surface area contributed by atoms with Gasteiger partial charge in [-0.15, -0.1) is 0 Å². The SMILES string of the molecule is Cc1cc(C(=O)O)cc(C(=O)N(C)CC(=O)Nc2cc(C)on2)c1. The molecule has 0 unspecified atom stereocenters. The Morgan fingerprint density at radius 3 is 2.42 bits per heavy atom. The number of carbonyl (C=O) groups excluding carboxylic acids is 2. The summed E-state index contributed by atoms with van der Waals surface area (Å²) < 4.78 is 4.84. The molecule has 0 atom stereocenters. The van der Waals surface area contributed by atoms with E-state index >= 15 is 0 Å². The van der Waals surface area contributed by atoms with E-state index in [1.807, 2.05) is 0 Å². The molecule has 0 saturated heterocycles. The zero-order chi connectivity index (χ0) is 17.9. The van der Waals surface area contributed by atoms with Gasteiger partial charge in [-0.25, -0.2) is 4.79 Å². The summed E-state index contributed by atoms with van der Waals surface area (Å²) in [5, 5.41) is 15.2. The van der Waals surface area contributed by atoms with Crippen molar-refractivity contribution in [2.75, 3.05) is 18.9 Å². The Kier molecular flexibility index (Phi) is 4.98. The van der Waals surface area contributed by atoms with Crippen molar-refractivity contribution in [3.05, 3.63) is 46.7 Å². The lowest BCUT2D eigenvalue weighted by Gasteiger charge is -2.17. The number of nitrogens with one attached hydrogen (secondary N) is 1. The maximum atomic E-state index is 12.4. The Balaban J connectivity index is 2.06. The van der Waals surface area contributed by atoms with Crippen LogP contribution in [0.15, 0.2) is 28.8 Å². The molecule has 0 aliphatic carbocycles. The molecule has 2 N–H and O–H groups in total. The Bertz CT molecular complexity index is 797. The third-order valence-corrected chi connectivity index (χ3v) is 3.19. The molecule has 2 amide bonds. The van der Waals surface area contributed by atoms with Crippen LogP contribution in [0.25, 0.3) is 0 Å². The molecular weight excluding hydrogens is 314 g/mol. The van der Waals surface area contributed by atoms with E-state index in [2.05, 4.69) is 10.5 Å². The molecule has 0 fully saturated rings. The van der Waals surface area contributed by atoms with E-state index in [0.717, 1.165) is 0 Å². The average Bonchev–Trinajstić information content (AvgIpc) is 2.90. The highest BCUT2D eigenvalue weighted by atomic mass is 16.5. The fourth-order valence-corrected chi connectivity index (χ4v) is 2.15. The predicted octanol–water partition coefficient (Wildman–Crippen LogP) is 1.70. The third-order valence-electron chi connectivity index (χ3n) is 3.19. The summed E-state index contributed by atoms with van der Waals surface area (Å²) in [4.78, 5) is 36.6. The highest BCUT2D eigenvalue weighted by Gasteiger charge is 2.18. The number of rotatable bonds is 5. The quantitative estimate of drug-likeness (QED) is 0.862. The number of nitrogens with zero attached hydrogens (tertiary/aromatic N) is 2. The fourth-order valence-electron chi connectivity index (χ4n) is 2.15. The summed E-state index contributed by atoms with van der Waals surface area (Å²) in [5.74, 6) is -1.19. The van der Waals surface area contributed by atoms with Crippen LogP contribution in [0.2, 0.25) is 0 Å². The van der Waals surface area contributed by atoms with Gasteiger partial charge in [0.05, 0.1) is 12.1 Å². The fraction of sp³-hybridized carbons (Fsp3) is 0.250. The van der Waals surface area contributed by atoms with Gasteiger partial charge in [0, 0.05) is 18.7 Å². The van der Waals surface area contributed by atoms with Gasteiger partial charge in [0.1, 0.15) is 5.76 Å². The van der Waals surface area contributed by atoms with Crippen LogP contribution in [0, 0.1) is 13.8 Å². The highest BCUT2D eigenvalue weighted by molar-refractivity contribution is 6.00. The van der Waals surface area contributed by atoms with Gasteiger partial charge in [-0.2, -0.15) is 0 Å². The molecule has 2 aromatic rings. The van der Waals surface area contributed by atoms with Gasteiger partial charge in [0.2, 0.25) is 5.91 Å². The summed E-state index contributed by atoms with van der Waals surface area (Å²) in [6.45, 7) is 3.18. The van der Waals surface area contributed by atoms with Crippen LogP contribution in [0.5, 0.6) is 0 Å². The molecule has 1 aromatic carbocycles. The molecule has 2 rings (SSSR count). The normalized spacial score (nSPS) is 10.3. The number of aryl methyl sites for hydroxylation is 2. The zero-order valence-corrected chi connectivity index (χ0v) is 13.5. The second-order valence-electron chi connectivity index (χ2n) is 5.43.